The fraction of sp³-hybridized carbons (Fsp3) is 0.423. The van der Waals surface area contributed by atoms with Crippen molar-refractivity contribution < 1.29 is 14.6 Å². The summed E-state index contributed by atoms with van der Waals surface area (Å²) in [5.41, 5.74) is 2.79. The molecule has 0 amide bonds. The maximum absolute atomic E-state index is 10.6. The molecule has 0 unspecified atom stereocenters. The molecule has 7 heteroatoms. The molecule has 6 nitrogen and oxygen atoms in total. The van der Waals surface area contributed by atoms with E-state index in [0.717, 1.165) is 16.8 Å². The smallest absolute Gasteiger partial charge is 0.222 e. The summed E-state index contributed by atoms with van der Waals surface area (Å²) in [7, 11) is 1.87. The van der Waals surface area contributed by atoms with Gasteiger partial charge in [0.05, 0.1) is 29.4 Å². The van der Waals surface area contributed by atoms with Crippen LogP contribution in [0.1, 0.15) is 33.3 Å². The first-order valence-corrected chi connectivity index (χ1v) is 11.7. The lowest BCUT2D eigenvalue weighted by atomic mass is 10.1. The first-order chi connectivity index (χ1) is 15.8. The van der Waals surface area contributed by atoms with Crippen LogP contribution in [0.25, 0.3) is 11.3 Å². The average molecular weight is 472 g/mol. The van der Waals surface area contributed by atoms with Crippen molar-refractivity contribution in [2.45, 2.75) is 52.5 Å². The molecule has 0 aliphatic heterocycles. The number of hydrogen-bond acceptors (Lipinski definition) is 5. The molecule has 1 heterocycles. The second-order valence-corrected chi connectivity index (χ2v) is 9.12. The van der Waals surface area contributed by atoms with E-state index in [1.165, 1.54) is 0 Å². The molecule has 3 aromatic rings. The zero-order valence-electron chi connectivity index (χ0n) is 20.0. The third kappa shape index (κ3) is 6.81. The van der Waals surface area contributed by atoms with Crippen LogP contribution in [-0.2, 0) is 18.3 Å². The highest BCUT2D eigenvalue weighted by molar-refractivity contribution is 6.32. The number of para-hydroxylation sites is 1. The van der Waals surface area contributed by atoms with Gasteiger partial charge in [0.15, 0.2) is 0 Å². The van der Waals surface area contributed by atoms with Crippen molar-refractivity contribution in [2.75, 3.05) is 13.2 Å². The van der Waals surface area contributed by atoms with E-state index in [0.29, 0.717) is 36.3 Å². The maximum Gasteiger partial charge on any atom is 0.222 e. The maximum atomic E-state index is 10.6. The summed E-state index contributed by atoms with van der Waals surface area (Å²) in [6.45, 7) is 9.47. The Balaban J connectivity index is 1.97. The van der Waals surface area contributed by atoms with E-state index in [1.54, 1.807) is 10.7 Å². The number of ether oxygens (including phenoxy) is 2. The molecule has 0 fully saturated rings. The molecule has 0 saturated heterocycles. The lowest BCUT2D eigenvalue weighted by molar-refractivity contribution is -0.0137. The van der Waals surface area contributed by atoms with Crippen molar-refractivity contribution in [3.05, 3.63) is 65.2 Å². The molecule has 1 atom stereocenters. The fourth-order valence-electron chi connectivity index (χ4n) is 3.57. The summed E-state index contributed by atoms with van der Waals surface area (Å²) in [6, 6.07) is 17.6. The normalized spacial score (nSPS) is 12.7. The number of rotatable bonds is 11. The van der Waals surface area contributed by atoms with Gasteiger partial charge in [0, 0.05) is 31.7 Å². The second-order valence-electron chi connectivity index (χ2n) is 8.71. The van der Waals surface area contributed by atoms with Crippen LogP contribution in [0.3, 0.4) is 0 Å². The van der Waals surface area contributed by atoms with Crippen molar-refractivity contribution in [3.63, 3.8) is 0 Å². The molecule has 2 aromatic carbocycles. The van der Waals surface area contributed by atoms with Crippen LogP contribution in [0.2, 0.25) is 5.02 Å². The van der Waals surface area contributed by atoms with E-state index in [4.69, 9.17) is 26.2 Å². The van der Waals surface area contributed by atoms with Gasteiger partial charge in [-0.25, -0.2) is 4.68 Å². The third-order valence-electron chi connectivity index (χ3n) is 5.34. The van der Waals surface area contributed by atoms with E-state index in [1.807, 2.05) is 69.4 Å². The molecule has 3 rings (SSSR count). The fourth-order valence-corrected chi connectivity index (χ4v) is 3.74. The molecule has 0 radical (unpaired) electrons. The number of aromatic nitrogens is 2. The van der Waals surface area contributed by atoms with Crippen LogP contribution in [0, 0.1) is 0 Å². The summed E-state index contributed by atoms with van der Waals surface area (Å²) in [4.78, 5) is 2.21. The molecule has 1 N–H and O–H groups in total. The molecular formula is C26H34ClN3O3. The quantitative estimate of drug-likeness (QED) is 0.398. The lowest BCUT2D eigenvalue weighted by Crippen LogP contribution is -2.39. The van der Waals surface area contributed by atoms with Gasteiger partial charge in [0.1, 0.15) is 11.4 Å². The molecule has 0 bridgehead atoms. The number of aliphatic hydroxyl groups is 1. The first kappa shape index (κ1) is 25.2. The van der Waals surface area contributed by atoms with Crippen LogP contribution in [-0.4, -0.2) is 51.2 Å². The number of nitrogens with zero attached hydrogens (tertiary/aromatic N) is 3. The predicted octanol–water partition coefficient (Wildman–Crippen LogP) is 5.53. The van der Waals surface area contributed by atoms with Gasteiger partial charge in [0.25, 0.3) is 0 Å². The largest absolute Gasteiger partial charge is 0.437 e. The van der Waals surface area contributed by atoms with E-state index >= 15 is 0 Å². The highest BCUT2D eigenvalue weighted by Crippen LogP contribution is 2.36. The minimum atomic E-state index is -0.598. The van der Waals surface area contributed by atoms with Crippen LogP contribution in [0.15, 0.2) is 54.6 Å². The van der Waals surface area contributed by atoms with Gasteiger partial charge in [0.2, 0.25) is 5.88 Å². The standard InChI is InChI=1S/C26H34ClN3O3/c1-18(2)30(15-21(31)17-32-19(3)4)16-22-25(20-11-7-6-8-12-20)28-29(5)26(22)33-24-14-10-9-13-23(24)27/h6-14,18-19,21,31H,15-17H2,1-5H3/t21-/m1/s1. The van der Waals surface area contributed by atoms with Gasteiger partial charge in [-0.05, 0) is 39.8 Å². The molecule has 0 aliphatic carbocycles. The van der Waals surface area contributed by atoms with Crippen LogP contribution < -0.4 is 4.74 Å². The summed E-state index contributed by atoms with van der Waals surface area (Å²) in [5.74, 6) is 1.20. The molecule has 178 valence electrons. The average Bonchev–Trinajstić information content (AvgIpc) is 3.09. The number of halogens is 1. The van der Waals surface area contributed by atoms with Crippen LogP contribution in [0.4, 0.5) is 0 Å². The molecule has 0 saturated carbocycles. The molecular weight excluding hydrogens is 438 g/mol. The molecule has 1 aromatic heterocycles. The van der Waals surface area contributed by atoms with Crippen LogP contribution in [0.5, 0.6) is 11.6 Å². The van der Waals surface area contributed by atoms with Gasteiger partial charge >= 0.3 is 0 Å². The summed E-state index contributed by atoms with van der Waals surface area (Å²) >= 11 is 6.38. The van der Waals surface area contributed by atoms with Crippen molar-refractivity contribution in [2.24, 2.45) is 7.05 Å². The summed E-state index contributed by atoms with van der Waals surface area (Å²) in [5, 5.41) is 15.9. The Morgan fingerprint density at radius 2 is 1.70 bits per heavy atom. The predicted molar refractivity (Wildman–Crippen MR) is 133 cm³/mol. The van der Waals surface area contributed by atoms with E-state index < -0.39 is 6.10 Å². The Kier molecular flexibility index (Phi) is 8.92. The third-order valence-corrected chi connectivity index (χ3v) is 5.65. The Morgan fingerprint density at radius 1 is 1.03 bits per heavy atom. The SMILES string of the molecule is CC(C)OC[C@H](O)CN(Cc1c(-c2ccccc2)nn(C)c1Oc1ccccc1Cl)C(C)C. The zero-order chi connectivity index (χ0) is 24.0. The second kappa shape index (κ2) is 11.7. The minimum absolute atomic E-state index is 0.0748. The first-order valence-electron chi connectivity index (χ1n) is 11.3. The van der Waals surface area contributed by atoms with Crippen molar-refractivity contribution in [3.8, 4) is 22.9 Å². The molecule has 33 heavy (non-hydrogen) atoms. The van der Waals surface area contributed by atoms with E-state index in [-0.39, 0.29) is 12.1 Å². The number of benzene rings is 2. The van der Waals surface area contributed by atoms with Gasteiger partial charge in [-0.1, -0.05) is 54.1 Å². The van der Waals surface area contributed by atoms with Crippen molar-refractivity contribution in [1.29, 1.82) is 0 Å². The Hall–Kier alpha value is -2.38. The molecule has 0 aliphatic rings. The van der Waals surface area contributed by atoms with E-state index in [2.05, 4.69) is 18.7 Å². The monoisotopic (exact) mass is 471 g/mol. The number of aryl methyl sites for hydroxylation is 1. The Labute approximate surface area is 201 Å². The van der Waals surface area contributed by atoms with Crippen molar-refractivity contribution >= 4 is 11.6 Å². The molecule has 0 spiro atoms. The van der Waals surface area contributed by atoms with E-state index in [9.17, 15) is 5.11 Å². The lowest BCUT2D eigenvalue weighted by Gasteiger charge is -2.29. The van der Waals surface area contributed by atoms with Crippen molar-refractivity contribution in [1.82, 2.24) is 14.7 Å². The van der Waals surface area contributed by atoms with Gasteiger partial charge in [-0.3, -0.25) is 4.90 Å². The van der Waals surface area contributed by atoms with Gasteiger partial charge in [-0.15, -0.1) is 0 Å². The Bertz CT molecular complexity index is 1020. The topological polar surface area (TPSA) is 59.8 Å². The zero-order valence-corrected chi connectivity index (χ0v) is 20.8. The number of hydrogen-bond donors (Lipinski definition) is 1. The number of aliphatic hydroxyl groups excluding tert-OH is 1. The van der Waals surface area contributed by atoms with Crippen LogP contribution >= 0.6 is 11.6 Å². The van der Waals surface area contributed by atoms with Gasteiger partial charge in [-0.2, -0.15) is 5.10 Å². The van der Waals surface area contributed by atoms with Gasteiger partial charge < -0.3 is 14.6 Å². The Morgan fingerprint density at radius 3 is 2.33 bits per heavy atom. The highest BCUT2D eigenvalue weighted by Gasteiger charge is 2.25. The summed E-state index contributed by atoms with van der Waals surface area (Å²) in [6.07, 6.45) is -0.523. The summed E-state index contributed by atoms with van der Waals surface area (Å²) < 4.78 is 13.7. The minimum Gasteiger partial charge on any atom is -0.437 e. The highest BCUT2D eigenvalue weighted by atomic mass is 35.5.